The lowest BCUT2D eigenvalue weighted by Crippen LogP contribution is -2.27. The fraction of sp³-hybridized carbons (Fsp3) is 0.259. The van der Waals surface area contributed by atoms with Gasteiger partial charge in [-0.25, -0.2) is 4.98 Å². The number of carbonyl (C=O) groups excluding carboxylic acids is 1. The Balaban J connectivity index is 1.87. The first kappa shape index (κ1) is 20.5. The van der Waals surface area contributed by atoms with Crippen LogP contribution in [0.5, 0.6) is 0 Å². The van der Waals surface area contributed by atoms with E-state index in [2.05, 4.69) is 70.2 Å². The molecule has 32 heavy (non-hydrogen) atoms. The number of benzene rings is 3. The number of hydrogen-bond acceptors (Lipinski definition) is 3. The number of imidazole rings is 2. The molecule has 0 atom stereocenters. The fourth-order valence-corrected chi connectivity index (χ4v) is 4.77. The highest BCUT2D eigenvalue weighted by molar-refractivity contribution is 6.06. The molecular weight excluding hydrogens is 396 g/mol. The van der Waals surface area contributed by atoms with Crippen molar-refractivity contribution in [2.24, 2.45) is 0 Å². The van der Waals surface area contributed by atoms with Crippen LogP contribution < -0.4 is 0 Å². The Morgan fingerprint density at radius 2 is 1.66 bits per heavy atom. The highest BCUT2D eigenvalue weighted by atomic mass is 16.1. The Morgan fingerprint density at radius 1 is 0.938 bits per heavy atom. The van der Waals surface area contributed by atoms with E-state index in [9.17, 15) is 4.79 Å². The Bertz CT molecular complexity index is 1430. The fourth-order valence-electron chi connectivity index (χ4n) is 4.77. The Kier molecular flexibility index (Phi) is 5.27. The van der Waals surface area contributed by atoms with E-state index in [-0.39, 0.29) is 5.78 Å². The maximum absolute atomic E-state index is 13.1. The third-order valence-corrected chi connectivity index (χ3v) is 6.41. The van der Waals surface area contributed by atoms with Crippen LogP contribution >= 0.6 is 0 Å². The molecule has 0 amide bonds. The van der Waals surface area contributed by atoms with Crippen LogP contribution in [0, 0.1) is 0 Å². The molecule has 0 aliphatic heterocycles. The number of carbonyl (C=O) groups is 1. The van der Waals surface area contributed by atoms with Gasteiger partial charge in [0.1, 0.15) is 5.69 Å². The summed E-state index contributed by atoms with van der Waals surface area (Å²) < 4.78 is 4.30. The van der Waals surface area contributed by atoms with Crippen molar-refractivity contribution in [2.75, 3.05) is 19.6 Å². The molecule has 3 aromatic carbocycles. The number of aromatic nitrogens is 3. The highest BCUT2D eigenvalue weighted by Crippen LogP contribution is 2.35. The first-order valence-corrected chi connectivity index (χ1v) is 11.3. The van der Waals surface area contributed by atoms with Crippen LogP contribution in [0.15, 0.2) is 66.7 Å². The Morgan fingerprint density at radius 3 is 2.44 bits per heavy atom. The van der Waals surface area contributed by atoms with Gasteiger partial charge in [0.15, 0.2) is 5.78 Å². The summed E-state index contributed by atoms with van der Waals surface area (Å²) in [6.45, 7) is 9.68. The van der Waals surface area contributed by atoms with E-state index in [1.165, 1.54) is 5.39 Å². The molecule has 0 radical (unpaired) electrons. The molecule has 0 fully saturated rings. The van der Waals surface area contributed by atoms with Crippen molar-refractivity contribution in [3.8, 4) is 11.3 Å². The lowest BCUT2D eigenvalue weighted by atomic mass is 10.00. The third kappa shape index (κ3) is 3.21. The average molecular weight is 425 g/mol. The molecule has 0 saturated heterocycles. The summed E-state index contributed by atoms with van der Waals surface area (Å²) in [5, 5.41) is 2.31. The van der Waals surface area contributed by atoms with Crippen LogP contribution in [0.2, 0.25) is 0 Å². The van der Waals surface area contributed by atoms with Gasteiger partial charge in [0.2, 0.25) is 5.78 Å². The topological polar surface area (TPSA) is 42.5 Å². The number of ketones is 1. The van der Waals surface area contributed by atoms with Gasteiger partial charge in [-0.05, 0) is 36.0 Å². The minimum Gasteiger partial charge on any atom is -0.308 e. The number of hydrogen-bond donors (Lipinski definition) is 0. The lowest BCUT2D eigenvalue weighted by Gasteiger charge is -2.19. The first-order valence-electron chi connectivity index (χ1n) is 11.3. The molecule has 0 aliphatic carbocycles. The molecule has 0 aliphatic rings. The maximum Gasteiger partial charge on any atom is 0.216 e. The van der Waals surface area contributed by atoms with Crippen LogP contribution in [-0.2, 0) is 6.54 Å². The molecule has 5 aromatic rings. The van der Waals surface area contributed by atoms with Crippen molar-refractivity contribution in [1.29, 1.82) is 0 Å². The molecule has 0 N–H and O–H groups in total. The van der Waals surface area contributed by atoms with Gasteiger partial charge < -0.3 is 9.47 Å². The largest absolute Gasteiger partial charge is 0.308 e. The van der Waals surface area contributed by atoms with Crippen molar-refractivity contribution in [3.05, 3.63) is 72.4 Å². The predicted molar refractivity (Wildman–Crippen MR) is 131 cm³/mol. The van der Waals surface area contributed by atoms with Crippen LogP contribution in [0.4, 0.5) is 0 Å². The molecule has 5 nitrogen and oxygen atoms in total. The van der Waals surface area contributed by atoms with Gasteiger partial charge in [0.05, 0.1) is 16.7 Å². The first-order chi connectivity index (χ1) is 15.6. The molecule has 5 rings (SSSR count). The molecule has 0 spiro atoms. The number of rotatable bonds is 7. The van der Waals surface area contributed by atoms with E-state index in [1.54, 1.807) is 6.92 Å². The SMILES string of the molecule is CCN(CC)CCn1c(-c2cccc3ccccc23)c(C(C)=O)n2c3ccccc3nc12. The zero-order valence-electron chi connectivity index (χ0n) is 18.9. The van der Waals surface area contributed by atoms with Gasteiger partial charge in [0, 0.05) is 25.6 Å². The summed E-state index contributed by atoms with van der Waals surface area (Å²) >= 11 is 0. The van der Waals surface area contributed by atoms with Crippen LogP contribution in [0.25, 0.3) is 38.8 Å². The lowest BCUT2D eigenvalue weighted by molar-refractivity contribution is 0.101. The Hall–Kier alpha value is -3.44. The molecule has 2 aromatic heterocycles. The van der Waals surface area contributed by atoms with Crippen molar-refractivity contribution < 1.29 is 4.79 Å². The van der Waals surface area contributed by atoms with E-state index >= 15 is 0 Å². The minimum atomic E-state index is 0.0441. The molecule has 5 heteroatoms. The molecule has 0 unspecified atom stereocenters. The molecule has 2 heterocycles. The summed E-state index contributed by atoms with van der Waals surface area (Å²) in [4.78, 5) is 20.5. The smallest absolute Gasteiger partial charge is 0.216 e. The molecule has 162 valence electrons. The molecule has 0 saturated carbocycles. The number of para-hydroxylation sites is 2. The average Bonchev–Trinajstić information content (AvgIpc) is 3.34. The van der Waals surface area contributed by atoms with E-state index in [0.29, 0.717) is 5.69 Å². The van der Waals surface area contributed by atoms with Crippen LogP contribution in [-0.4, -0.2) is 44.3 Å². The monoisotopic (exact) mass is 424 g/mol. The molecule has 0 bridgehead atoms. The van der Waals surface area contributed by atoms with Crippen molar-refractivity contribution in [1.82, 2.24) is 18.9 Å². The van der Waals surface area contributed by atoms with E-state index in [0.717, 1.165) is 59.6 Å². The number of fused-ring (bicyclic) bond motifs is 4. The zero-order chi connectivity index (χ0) is 22.2. The molecular formula is C27H28N4O. The van der Waals surface area contributed by atoms with E-state index in [1.807, 2.05) is 24.3 Å². The summed E-state index contributed by atoms with van der Waals surface area (Å²) in [7, 11) is 0. The van der Waals surface area contributed by atoms with Crippen LogP contribution in [0.3, 0.4) is 0 Å². The quantitative estimate of drug-likeness (QED) is 0.317. The second-order valence-corrected chi connectivity index (χ2v) is 8.19. The van der Waals surface area contributed by atoms with E-state index < -0.39 is 0 Å². The van der Waals surface area contributed by atoms with Gasteiger partial charge in [-0.15, -0.1) is 0 Å². The van der Waals surface area contributed by atoms with Gasteiger partial charge >= 0.3 is 0 Å². The van der Waals surface area contributed by atoms with E-state index in [4.69, 9.17) is 4.98 Å². The summed E-state index contributed by atoms with van der Waals surface area (Å²) in [6.07, 6.45) is 0. The van der Waals surface area contributed by atoms with Gasteiger partial charge in [-0.2, -0.15) is 0 Å². The van der Waals surface area contributed by atoms with Crippen molar-refractivity contribution >= 4 is 33.4 Å². The number of likely N-dealkylation sites (N-methyl/N-ethyl adjacent to an activating group) is 1. The second kappa shape index (κ2) is 8.24. The maximum atomic E-state index is 13.1. The third-order valence-electron chi connectivity index (χ3n) is 6.41. The zero-order valence-corrected chi connectivity index (χ0v) is 18.9. The minimum absolute atomic E-state index is 0.0441. The van der Waals surface area contributed by atoms with Crippen molar-refractivity contribution in [2.45, 2.75) is 27.3 Å². The summed E-state index contributed by atoms with van der Waals surface area (Å²) in [5.41, 5.74) is 4.60. The highest BCUT2D eigenvalue weighted by Gasteiger charge is 2.26. The van der Waals surface area contributed by atoms with Gasteiger partial charge in [-0.3, -0.25) is 9.20 Å². The van der Waals surface area contributed by atoms with Crippen molar-refractivity contribution in [3.63, 3.8) is 0 Å². The number of Topliss-reactive ketones (excluding diaryl/α,β-unsaturated/α-hetero) is 1. The summed E-state index contributed by atoms with van der Waals surface area (Å²) in [5.74, 6) is 0.870. The second-order valence-electron chi connectivity index (χ2n) is 8.19. The standard InChI is InChI=1S/C27H28N4O/c1-4-29(5-2)17-18-30-26(22-14-10-12-20-11-6-7-13-21(20)22)25(19(3)32)31-24-16-9-8-15-23(24)28-27(30)31/h6-16H,4-5,17-18H2,1-3H3. The normalized spacial score (nSPS) is 11.9. The predicted octanol–water partition coefficient (Wildman–Crippen LogP) is 5.65. The number of nitrogens with zero attached hydrogens (tertiary/aromatic N) is 4. The van der Waals surface area contributed by atoms with Gasteiger partial charge in [-0.1, -0.05) is 68.4 Å². The van der Waals surface area contributed by atoms with Crippen LogP contribution in [0.1, 0.15) is 31.3 Å². The van der Waals surface area contributed by atoms with Gasteiger partial charge in [0.25, 0.3) is 0 Å². The Labute approximate surface area is 187 Å². The summed E-state index contributed by atoms with van der Waals surface area (Å²) in [6, 6.07) is 22.7.